The van der Waals surface area contributed by atoms with Crippen LogP contribution in [0.5, 0.6) is 0 Å². The van der Waals surface area contributed by atoms with Gasteiger partial charge in [0.2, 0.25) is 0 Å². The van der Waals surface area contributed by atoms with E-state index in [1.807, 2.05) is 40.8 Å². The maximum Gasteiger partial charge on any atom is 0.293 e. The van der Waals surface area contributed by atoms with Crippen molar-refractivity contribution in [2.75, 3.05) is 26.3 Å². The van der Waals surface area contributed by atoms with Gasteiger partial charge < -0.3 is 14.8 Å². The van der Waals surface area contributed by atoms with Gasteiger partial charge in [-0.2, -0.15) is 0 Å². The second-order valence-electron chi connectivity index (χ2n) is 11.3. The third kappa shape index (κ3) is 16.4. The predicted octanol–water partition coefficient (Wildman–Crippen LogP) is 7.66. The van der Waals surface area contributed by atoms with E-state index in [0.29, 0.717) is 11.9 Å². The Morgan fingerprint density at radius 2 is 1.80 bits per heavy atom. The van der Waals surface area contributed by atoms with Crippen LogP contribution in [0.1, 0.15) is 98.2 Å². The first-order chi connectivity index (χ1) is 16.4. The molecule has 3 rings (SSSR count). The van der Waals surface area contributed by atoms with Crippen molar-refractivity contribution in [3.63, 3.8) is 0 Å². The molecule has 1 unspecified atom stereocenters. The molecule has 35 heavy (non-hydrogen) atoms. The zero-order chi connectivity index (χ0) is 26.9. The third-order valence-electron chi connectivity index (χ3n) is 6.74. The van der Waals surface area contributed by atoms with Crippen molar-refractivity contribution in [1.82, 2.24) is 10.3 Å². The highest BCUT2D eigenvalue weighted by molar-refractivity contribution is 9.10. The predicted molar refractivity (Wildman–Crippen MR) is 152 cm³/mol. The first-order valence-corrected chi connectivity index (χ1v) is 14.1. The molecule has 6 heteroatoms. The van der Waals surface area contributed by atoms with Crippen molar-refractivity contribution in [3.05, 3.63) is 28.0 Å². The highest BCUT2D eigenvalue weighted by atomic mass is 79.9. The first kappa shape index (κ1) is 34.0. The molecule has 2 aliphatic rings. The molecule has 0 amide bonds. The molecule has 2 aliphatic heterocycles. The van der Waals surface area contributed by atoms with Gasteiger partial charge in [-0.25, -0.2) is 0 Å². The van der Waals surface area contributed by atoms with E-state index in [2.05, 4.69) is 64.7 Å². The van der Waals surface area contributed by atoms with Crippen molar-refractivity contribution in [1.29, 1.82) is 0 Å². The molecule has 204 valence electrons. The average Bonchev–Trinajstić information content (AvgIpc) is 3.33. The smallest absolute Gasteiger partial charge is 0.293 e. The molecule has 1 aromatic rings. The number of halogens is 1. The Bertz CT molecular complexity index is 673. The lowest BCUT2D eigenvalue weighted by Gasteiger charge is -2.45. The van der Waals surface area contributed by atoms with E-state index in [4.69, 9.17) is 4.74 Å². The number of nitrogens with one attached hydrogen (secondary N) is 1. The lowest BCUT2D eigenvalue weighted by atomic mass is 9.71. The van der Waals surface area contributed by atoms with Gasteiger partial charge in [0.25, 0.3) is 6.47 Å². The van der Waals surface area contributed by atoms with Gasteiger partial charge in [-0.3, -0.25) is 9.78 Å². The molecule has 0 radical (unpaired) electrons. The number of hydrogen-bond donors (Lipinski definition) is 1. The number of ether oxygens (including phenoxy) is 2. The standard InChI is InChI=1S/C13H26O.C7H8BrN.C5H10O2.C4H9N/c1-5-12(4)7-6-8-13(11(2)3)9-14-10-13;1-5-3-7(8)4-9-6(5)2;1-5(2,3)7-4-6;1-2-4-5-3-1/h11-12H,5-10H2,1-4H3;3-4H,1-2H3;4H,1-3H3;5H,1-4H2. The van der Waals surface area contributed by atoms with E-state index in [1.165, 1.54) is 57.2 Å². The molecule has 0 saturated carbocycles. The lowest BCUT2D eigenvalue weighted by Crippen LogP contribution is -2.46. The van der Waals surface area contributed by atoms with Gasteiger partial charge in [0, 0.05) is 21.8 Å². The second kappa shape index (κ2) is 18.3. The molecule has 1 atom stereocenters. The van der Waals surface area contributed by atoms with Gasteiger partial charge >= 0.3 is 0 Å². The van der Waals surface area contributed by atoms with Crippen molar-refractivity contribution >= 4 is 22.4 Å². The Hall–Kier alpha value is -0.980. The minimum atomic E-state index is -0.318. The summed E-state index contributed by atoms with van der Waals surface area (Å²) in [7, 11) is 0. The maximum atomic E-state index is 9.60. The maximum absolute atomic E-state index is 9.60. The fourth-order valence-corrected chi connectivity index (χ4v) is 3.96. The summed E-state index contributed by atoms with van der Waals surface area (Å²) in [5.74, 6) is 1.69. The van der Waals surface area contributed by atoms with E-state index in [9.17, 15) is 4.79 Å². The molecule has 1 aromatic heterocycles. The van der Waals surface area contributed by atoms with Crippen LogP contribution in [0.4, 0.5) is 0 Å². The number of aromatic nitrogens is 1. The molecule has 5 nitrogen and oxygen atoms in total. The fourth-order valence-electron chi connectivity index (χ4n) is 3.52. The number of rotatable bonds is 7. The SMILES string of the molecule is C1CCNC1.CC(C)(C)OC=O.CCC(C)CCCC1(C(C)C)COC1.Cc1cc(Br)cnc1C. The van der Waals surface area contributed by atoms with Crippen LogP contribution in [-0.2, 0) is 14.3 Å². The summed E-state index contributed by atoms with van der Waals surface area (Å²) >= 11 is 3.33. The largest absolute Gasteiger partial charge is 0.462 e. The Morgan fingerprint density at radius 1 is 1.20 bits per heavy atom. The molecule has 1 N–H and O–H groups in total. The van der Waals surface area contributed by atoms with Gasteiger partial charge in [-0.1, -0.05) is 47.0 Å². The zero-order valence-electron chi connectivity index (χ0n) is 24.0. The molecule has 0 spiro atoms. The average molecular weight is 558 g/mol. The van der Waals surface area contributed by atoms with E-state index >= 15 is 0 Å². The van der Waals surface area contributed by atoms with Crippen molar-refractivity contribution in [2.45, 2.75) is 106 Å². The number of nitrogens with zero attached hydrogens (tertiary/aromatic N) is 1. The molecule has 0 bridgehead atoms. The molecule has 2 fully saturated rings. The quantitative estimate of drug-likeness (QED) is 0.349. The Balaban J connectivity index is 0.000000474. The van der Waals surface area contributed by atoms with Gasteiger partial charge in [-0.05, 0) is 106 Å². The van der Waals surface area contributed by atoms with Gasteiger partial charge in [0.15, 0.2) is 0 Å². The van der Waals surface area contributed by atoms with Crippen molar-refractivity contribution < 1.29 is 14.3 Å². The van der Waals surface area contributed by atoms with E-state index in [-0.39, 0.29) is 5.60 Å². The van der Waals surface area contributed by atoms with Crippen LogP contribution in [0.2, 0.25) is 0 Å². The van der Waals surface area contributed by atoms with Crippen LogP contribution in [0.3, 0.4) is 0 Å². The minimum absolute atomic E-state index is 0.318. The highest BCUT2D eigenvalue weighted by Crippen LogP contribution is 2.40. The van der Waals surface area contributed by atoms with E-state index in [0.717, 1.165) is 35.2 Å². The molecule has 3 heterocycles. The van der Waals surface area contributed by atoms with Crippen LogP contribution < -0.4 is 5.32 Å². The molecular formula is C29H53BrN2O3. The number of carbonyl (C=O) groups is 1. The highest BCUT2D eigenvalue weighted by Gasteiger charge is 2.40. The third-order valence-corrected chi connectivity index (χ3v) is 7.17. The number of carbonyl (C=O) groups excluding carboxylic acids is 1. The monoisotopic (exact) mass is 556 g/mol. The lowest BCUT2D eigenvalue weighted by molar-refractivity contribution is -0.144. The summed E-state index contributed by atoms with van der Waals surface area (Å²) in [6, 6.07) is 2.06. The summed E-state index contributed by atoms with van der Waals surface area (Å²) in [6.45, 7) is 23.8. The number of pyridine rings is 1. The van der Waals surface area contributed by atoms with E-state index < -0.39 is 0 Å². The summed E-state index contributed by atoms with van der Waals surface area (Å²) in [5, 5.41) is 3.22. The van der Waals surface area contributed by atoms with Crippen molar-refractivity contribution in [3.8, 4) is 0 Å². The van der Waals surface area contributed by atoms with Crippen molar-refractivity contribution in [2.24, 2.45) is 17.3 Å². The Morgan fingerprint density at radius 3 is 2.09 bits per heavy atom. The van der Waals surface area contributed by atoms with Crippen LogP contribution in [0.25, 0.3) is 0 Å². The Kier molecular flexibility index (Phi) is 17.8. The first-order valence-electron chi connectivity index (χ1n) is 13.4. The Labute approximate surface area is 224 Å². The van der Waals surface area contributed by atoms with Crippen LogP contribution in [0.15, 0.2) is 16.7 Å². The number of aryl methyl sites for hydroxylation is 2. The zero-order valence-corrected chi connectivity index (χ0v) is 25.6. The number of hydrogen-bond acceptors (Lipinski definition) is 5. The fraction of sp³-hybridized carbons (Fsp3) is 0.793. The molecule has 0 aromatic carbocycles. The topological polar surface area (TPSA) is 60.5 Å². The van der Waals surface area contributed by atoms with Gasteiger partial charge in [0.1, 0.15) is 5.60 Å². The summed E-state index contributed by atoms with van der Waals surface area (Å²) < 4.78 is 11.0. The van der Waals surface area contributed by atoms with Gasteiger partial charge in [0.05, 0.1) is 13.2 Å². The second-order valence-corrected chi connectivity index (χ2v) is 12.2. The van der Waals surface area contributed by atoms with E-state index in [1.54, 1.807) is 0 Å². The summed E-state index contributed by atoms with van der Waals surface area (Å²) in [5.41, 5.74) is 2.54. The summed E-state index contributed by atoms with van der Waals surface area (Å²) in [6.07, 6.45) is 10.1. The molecular weight excluding hydrogens is 504 g/mol. The molecule has 2 saturated heterocycles. The van der Waals surface area contributed by atoms with Crippen LogP contribution >= 0.6 is 15.9 Å². The van der Waals surface area contributed by atoms with Crippen LogP contribution in [-0.4, -0.2) is 43.4 Å². The molecule has 0 aliphatic carbocycles. The van der Waals surface area contributed by atoms with Gasteiger partial charge in [-0.15, -0.1) is 0 Å². The van der Waals surface area contributed by atoms with Crippen LogP contribution in [0, 0.1) is 31.1 Å². The summed E-state index contributed by atoms with van der Waals surface area (Å²) in [4.78, 5) is 13.7. The minimum Gasteiger partial charge on any atom is -0.462 e. The normalized spacial score (nSPS) is 16.9.